The second kappa shape index (κ2) is 5.35. The Bertz CT molecular complexity index is 476. The highest BCUT2D eigenvalue weighted by Gasteiger charge is 2.24. The van der Waals surface area contributed by atoms with Crippen molar-refractivity contribution in [3.63, 3.8) is 0 Å². The van der Waals surface area contributed by atoms with Crippen LogP contribution in [0.5, 0.6) is 5.75 Å². The van der Waals surface area contributed by atoms with Gasteiger partial charge in [-0.3, -0.25) is 4.79 Å². The van der Waals surface area contributed by atoms with Crippen molar-refractivity contribution in [3.05, 3.63) is 24.3 Å². The number of benzene rings is 1. The van der Waals surface area contributed by atoms with Gasteiger partial charge in [0, 0.05) is 12.5 Å². The lowest BCUT2D eigenvalue weighted by molar-refractivity contribution is -0.118. The molecule has 0 saturated carbocycles. The molecule has 1 heterocycles. The lowest BCUT2D eigenvalue weighted by Crippen LogP contribution is -2.38. The quantitative estimate of drug-likeness (QED) is 0.845. The summed E-state index contributed by atoms with van der Waals surface area (Å²) in [5.74, 6) is 0.761. The van der Waals surface area contributed by atoms with Crippen molar-refractivity contribution in [3.8, 4) is 5.75 Å². The first-order chi connectivity index (χ1) is 8.59. The smallest absolute Gasteiger partial charge is 0.230 e. The molecule has 1 amide bonds. The molecule has 2 N–H and O–H groups in total. The van der Waals surface area contributed by atoms with Crippen LogP contribution in [0.15, 0.2) is 24.3 Å². The Labute approximate surface area is 112 Å². The molecule has 4 nitrogen and oxygen atoms in total. The summed E-state index contributed by atoms with van der Waals surface area (Å²) in [7, 11) is 0. The van der Waals surface area contributed by atoms with Gasteiger partial charge >= 0.3 is 0 Å². The van der Waals surface area contributed by atoms with Crippen molar-refractivity contribution in [2.75, 3.05) is 18.1 Å². The van der Waals surface area contributed by atoms with Crippen molar-refractivity contribution in [1.29, 1.82) is 0 Å². The van der Waals surface area contributed by atoms with E-state index >= 15 is 0 Å². The molecule has 0 aromatic heterocycles. The lowest BCUT2D eigenvalue weighted by atomic mass is 10.1. The molecule has 1 atom stereocenters. The number of amides is 1. The Morgan fingerprint density at radius 3 is 3.00 bits per heavy atom. The summed E-state index contributed by atoms with van der Waals surface area (Å²) in [6.45, 7) is 2.83. The molecule has 1 aromatic carbocycles. The maximum atomic E-state index is 12.1. The molecule has 1 aliphatic heterocycles. The number of para-hydroxylation sites is 2. The number of thiocarbonyl (C=S) groups is 1. The van der Waals surface area contributed by atoms with E-state index in [1.165, 1.54) is 0 Å². The number of hydrogen-bond acceptors (Lipinski definition) is 3. The van der Waals surface area contributed by atoms with Crippen LogP contribution in [-0.2, 0) is 4.79 Å². The minimum Gasteiger partial charge on any atom is -0.491 e. The number of anilines is 1. The summed E-state index contributed by atoms with van der Waals surface area (Å²) in [6.07, 6.45) is 0.374. The number of carbonyl (C=O) groups excluding carboxylic acids is 1. The maximum Gasteiger partial charge on any atom is 0.230 e. The van der Waals surface area contributed by atoms with E-state index in [0.29, 0.717) is 24.6 Å². The Morgan fingerprint density at radius 1 is 1.56 bits per heavy atom. The van der Waals surface area contributed by atoms with E-state index in [-0.39, 0.29) is 11.8 Å². The summed E-state index contributed by atoms with van der Waals surface area (Å²) < 4.78 is 5.56. The van der Waals surface area contributed by atoms with Crippen molar-refractivity contribution < 1.29 is 9.53 Å². The largest absolute Gasteiger partial charge is 0.491 e. The van der Waals surface area contributed by atoms with E-state index in [1.807, 2.05) is 31.2 Å². The molecule has 1 unspecified atom stereocenters. The van der Waals surface area contributed by atoms with Gasteiger partial charge in [-0.15, -0.1) is 0 Å². The van der Waals surface area contributed by atoms with E-state index in [1.54, 1.807) is 4.90 Å². The summed E-state index contributed by atoms with van der Waals surface area (Å²) >= 11 is 4.97. The molecule has 96 valence electrons. The zero-order valence-electron chi connectivity index (χ0n) is 10.3. The van der Waals surface area contributed by atoms with Gasteiger partial charge in [0.05, 0.1) is 23.7 Å². The van der Waals surface area contributed by atoms with Crippen LogP contribution in [0.3, 0.4) is 0 Å². The first-order valence-corrected chi connectivity index (χ1v) is 6.32. The SMILES string of the molecule is CC(CN1C(=O)CCOc2ccccc21)C(N)=S. The Hall–Kier alpha value is -1.62. The van der Waals surface area contributed by atoms with E-state index in [2.05, 4.69) is 0 Å². The fourth-order valence-electron chi connectivity index (χ4n) is 1.88. The van der Waals surface area contributed by atoms with Crippen LogP contribution in [0.1, 0.15) is 13.3 Å². The Balaban J connectivity index is 2.31. The van der Waals surface area contributed by atoms with E-state index in [4.69, 9.17) is 22.7 Å². The highest BCUT2D eigenvalue weighted by Crippen LogP contribution is 2.31. The fraction of sp³-hybridized carbons (Fsp3) is 0.385. The molecule has 0 bridgehead atoms. The molecule has 0 spiro atoms. The van der Waals surface area contributed by atoms with Crippen LogP contribution in [0.4, 0.5) is 5.69 Å². The summed E-state index contributed by atoms with van der Waals surface area (Å²) in [5.41, 5.74) is 6.41. The van der Waals surface area contributed by atoms with Crippen LogP contribution in [0.25, 0.3) is 0 Å². The monoisotopic (exact) mass is 264 g/mol. The highest BCUT2D eigenvalue weighted by molar-refractivity contribution is 7.80. The number of rotatable bonds is 3. The number of carbonyl (C=O) groups is 1. The molecule has 5 heteroatoms. The Morgan fingerprint density at radius 2 is 2.28 bits per heavy atom. The summed E-state index contributed by atoms with van der Waals surface area (Å²) in [6, 6.07) is 7.53. The third-order valence-electron chi connectivity index (χ3n) is 2.97. The molecular formula is C13H16N2O2S. The molecule has 2 rings (SSSR count). The van der Waals surface area contributed by atoms with Crippen molar-refractivity contribution in [2.45, 2.75) is 13.3 Å². The predicted molar refractivity (Wildman–Crippen MR) is 74.9 cm³/mol. The summed E-state index contributed by atoms with van der Waals surface area (Å²) in [4.78, 5) is 14.2. The first kappa shape index (κ1) is 12.8. The molecule has 0 saturated heterocycles. The van der Waals surface area contributed by atoms with Crippen molar-refractivity contribution in [1.82, 2.24) is 0 Å². The van der Waals surface area contributed by atoms with Crippen LogP contribution in [0, 0.1) is 5.92 Å². The highest BCUT2D eigenvalue weighted by atomic mass is 32.1. The molecule has 0 aliphatic carbocycles. The van der Waals surface area contributed by atoms with Crippen LogP contribution in [-0.4, -0.2) is 24.0 Å². The Kier molecular flexibility index (Phi) is 3.81. The third-order valence-corrected chi connectivity index (χ3v) is 3.38. The van der Waals surface area contributed by atoms with Gasteiger partial charge in [-0.1, -0.05) is 31.3 Å². The average molecular weight is 264 g/mol. The molecule has 1 aromatic rings. The standard InChI is InChI=1S/C13H16N2O2S/c1-9(13(14)18)8-15-10-4-2-3-5-11(10)17-7-6-12(15)16/h2-5,9H,6-8H2,1H3,(H2,14,18). The predicted octanol–water partition coefficient (Wildman–Crippen LogP) is 1.72. The molecule has 18 heavy (non-hydrogen) atoms. The average Bonchev–Trinajstić information content (AvgIpc) is 2.50. The van der Waals surface area contributed by atoms with Crippen LogP contribution in [0.2, 0.25) is 0 Å². The molecule has 0 fully saturated rings. The minimum absolute atomic E-state index is 0.0184. The number of nitrogens with zero attached hydrogens (tertiary/aromatic N) is 1. The van der Waals surface area contributed by atoms with Crippen LogP contribution < -0.4 is 15.4 Å². The molecule has 1 aliphatic rings. The second-order valence-corrected chi connectivity index (χ2v) is 4.85. The van der Waals surface area contributed by atoms with Gasteiger partial charge in [-0.2, -0.15) is 0 Å². The normalized spacial score (nSPS) is 16.5. The zero-order valence-corrected chi connectivity index (χ0v) is 11.1. The number of ether oxygens (including phenoxy) is 1. The topological polar surface area (TPSA) is 55.6 Å². The van der Waals surface area contributed by atoms with E-state index in [9.17, 15) is 4.79 Å². The zero-order chi connectivity index (χ0) is 13.1. The second-order valence-electron chi connectivity index (χ2n) is 4.37. The number of fused-ring (bicyclic) bond motifs is 1. The third kappa shape index (κ3) is 2.61. The minimum atomic E-state index is -0.0184. The van der Waals surface area contributed by atoms with Gasteiger partial charge in [0.1, 0.15) is 5.75 Å². The fourth-order valence-corrected chi connectivity index (χ4v) is 1.96. The van der Waals surface area contributed by atoms with Crippen molar-refractivity contribution >= 4 is 28.8 Å². The molecule has 0 radical (unpaired) electrons. The van der Waals surface area contributed by atoms with E-state index in [0.717, 1.165) is 11.4 Å². The van der Waals surface area contributed by atoms with E-state index < -0.39 is 0 Å². The maximum absolute atomic E-state index is 12.1. The van der Waals surface area contributed by atoms with Crippen molar-refractivity contribution in [2.24, 2.45) is 11.7 Å². The van der Waals surface area contributed by atoms with Gasteiger partial charge in [-0.05, 0) is 12.1 Å². The van der Waals surface area contributed by atoms with Gasteiger partial charge in [-0.25, -0.2) is 0 Å². The van der Waals surface area contributed by atoms with Gasteiger partial charge in [0.15, 0.2) is 0 Å². The number of hydrogen-bond donors (Lipinski definition) is 1. The van der Waals surface area contributed by atoms with Gasteiger partial charge < -0.3 is 15.4 Å². The van der Waals surface area contributed by atoms with Gasteiger partial charge in [0.2, 0.25) is 5.91 Å². The number of nitrogens with two attached hydrogens (primary N) is 1. The summed E-state index contributed by atoms with van der Waals surface area (Å²) in [5, 5.41) is 0. The van der Waals surface area contributed by atoms with Gasteiger partial charge in [0.25, 0.3) is 0 Å². The lowest BCUT2D eigenvalue weighted by Gasteiger charge is -2.24. The first-order valence-electron chi connectivity index (χ1n) is 5.91. The molecular weight excluding hydrogens is 248 g/mol. The van der Waals surface area contributed by atoms with Crippen LogP contribution >= 0.6 is 12.2 Å².